The molecule has 3 aromatic carbocycles. The number of carbonyl (C=O) groups is 3. The van der Waals surface area contributed by atoms with Crippen LogP contribution in [0.5, 0.6) is 5.75 Å². The van der Waals surface area contributed by atoms with Crippen LogP contribution in [0.4, 0.5) is 13.2 Å². The van der Waals surface area contributed by atoms with E-state index in [0.29, 0.717) is 37.1 Å². The number of aryl methyl sites for hydroxylation is 2. The van der Waals surface area contributed by atoms with E-state index in [1.54, 1.807) is 15.9 Å². The molecular formula is C41H46F3N3O5. The fourth-order valence-corrected chi connectivity index (χ4v) is 7.37. The smallest absolute Gasteiger partial charge is 0.416 e. The van der Waals surface area contributed by atoms with Gasteiger partial charge in [0.25, 0.3) is 5.91 Å². The minimum Gasteiger partial charge on any atom is -0.493 e. The minimum atomic E-state index is -4.50. The first-order valence-electron chi connectivity index (χ1n) is 18.0. The lowest BCUT2D eigenvalue weighted by atomic mass is 9.82. The lowest BCUT2D eigenvalue weighted by Gasteiger charge is -2.45. The molecule has 1 saturated carbocycles. The number of carbonyl (C=O) groups excluding carboxylic acids is 2. The largest absolute Gasteiger partial charge is 0.493 e. The molecule has 0 radical (unpaired) electrons. The third kappa shape index (κ3) is 8.86. The van der Waals surface area contributed by atoms with Crippen molar-refractivity contribution >= 4 is 23.4 Å². The molecule has 8 nitrogen and oxygen atoms in total. The Morgan fingerprint density at radius 1 is 0.962 bits per heavy atom. The van der Waals surface area contributed by atoms with Crippen molar-refractivity contribution in [2.75, 3.05) is 19.7 Å². The van der Waals surface area contributed by atoms with Crippen molar-refractivity contribution in [3.8, 4) is 5.75 Å². The molecule has 3 aliphatic rings. The number of fused-ring (bicyclic) bond motifs is 2. The maximum absolute atomic E-state index is 14.7. The number of halogens is 3. The van der Waals surface area contributed by atoms with Crippen molar-refractivity contribution in [1.29, 1.82) is 0 Å². The number of hydrogen-bond donors (Lipinski definition) is 2. The predicted octanol–water partition coefficient (Wildman–Crippen LogP) is 7.02. The molecule has 6 rings (SSSR count). The molecule has 2 aliphatic heterocycles. The van der Waals surface area contributed by atoms with Gasteiger partial charge < -0.3 is 25.0 Å². The zero-order chi connectivity index (χ0) is 37.2. The molecule has 1 aliphatic carbocycles. The Morgan fingerprint density at radius 3 is 2.40 bits per heavy atom. The third-order valence-corrected chi connectivity index (χ3v) is 10.3. The molecule has 0 aromatic heterocycles. The molecule has 2 amide bonds. The van der Waals surface area contributed by atoms with E-state index in [4.69, 9.17) is 9.84 Å². The average Bonchev–Trinajstić information content (AvgIpc) is 3.94. The van der Waals surface area contributed by atoms with E-state index in [2.05, 4.69) is 25.2 Å². The molecule has 0 spiro atoms. The highest BCUT2D eigenvalue weighted by atomic mass is 19.4. The van der Waals surface area contributed by atoms with Gasteiger partial charge in [0.1, 0.15) is 5.75 Å². The van der Waals surface area contributed by atoms with Crippen molar-refractivity contribution in [2.45, 2.75) is 96.6 Å². The Balaban J connectivity index is 1.27. The third-order valence-electron chi connectivity index (χ3n) is 10.3. The van der Waals surface area contributed by atoms with E-state index in [-0.39, 0.29) is 56.3 Å². The molecule has 276 valence electrons. The van der Waals surface area contributed by atoms with Gasteiger partial charge in [0.2, 0.25) is 5.91 Å². The van der Waals surface area contributed by atoms with Crippen LogP contribution < -0.4 is 10.1 Å². The summed E-state index contributed by atoms with van der Waals surface area (Å²) in [5.74, 6) is -0.476. The summed E-state index contributed by atoms with van der Waals surface area (Å²) in [4.78, 5) is 42.4. The first-order chi connectivity index (χ1) is 24.8. The van der Waals surface area contributed by atoms with E-state index in [1.807, 2.05) is 37.3 Å². The van der Waals surface area contributed by atoms with Gasteiger partial charge in [0, 0.05) is 56.6 Å². The second-order valence-electron chi connectivity index (χ2n) is 14.4. The van der Waals surface area contributed by atoms with Crippen molar-refractivity contribution in [2.24, 2.45) is 0 Å². The van der Waals surface area contributed by atoms with E-state index in [9.17, 15) is 27.6 Å². The molecule has 2 N–H and O–H groups in total. The topological polar surface area (TPSA) is 99.2 Å². The highest BCUT2D eigenvalue weighted by Crippen LogP contribution is 2.38. The van der Waals surface area contributed by atoms with E-state index in [1.165, 1.54) is 11.6 Å². The van der Waals surface area contributed by atoms with Gasteiger partial charge in [-0.1, -0.05) is 42.5 Å². The Labute approximate surface area is 302 Å². The number of aliphatic carboxylic acids is 1. The number of amides is 2. The van der Waals surface area contributed by atoms with Gasteiger partial charge in [-0.15, -0.1) is 0 Å². The Hall–Kier alpha value is -4.64. The highest BCUT2D eigenvalue weighted by molar-refractivity contribution is 6.03. The monoisotopic (exact) mass is 717 g/mol. The van der Waals surface area contributed by atoms with Gasteiger partial charge in [-0.05, 0) is 104 Å². The summed E-state index contributed by atoms with van der Waals surface area (Å²) in [5.41, 5.74) is 6.48. The molecule has 2 atom stereocenters. The van der Waals surface area contributed by atoms with E-state index >= 15 is 0 Å². The van der Waals surface area contributed by atoms with Crippen molar-refractivity contribution in [3.05, 3.63) is 105 Å². The van der Waals surface area contributed by atoms with Crippen molar-refractivity contribution in [3.63, 3.8) is 0 Å². The van der Waals surface area contributed by atoms with Gasteiger partial charge in [-0.25, -0.2) is 0 Å². The fraction of sp³-hybridized carbons (Fsp3) is 0.439. The molecule has 1 saturated heterocycles. The SMILES string of the molecule is Cc1cc(C)c(C)c(OCCc2ccc(C3=C(C(=O)N(Cc4cccc(C(F)(F)F)c4)C4CC4)[C@H]4CN(C(=O)CCCC(=O)O)C[C@@H](C3)N4)cc2)c1. The van der Waals surface area contributed by atoms with Gasteiger partial charge in [-0.3, -0.25) is 14.4 Å². The number of nitrogens with zero attached hydrogens (tertiary/aromatic N) is 2. The summed E-state index contributed by atoms with van der Waals surface area (Å²) in [6.07, 6.45) is -1.57. The average molecular weight is 718 g/mol. The second kappa shape index (κ2) is 15.5. The van der Waals surface area contributed by atoms with Crippen LogP contribution in [0.3, 0.4) is 0 Å². The number of carboxylic acid groups (broad SMARTS) is 1. The molecular weight excluding hydrogens is 671 g/mol. The summed E-state index contributed by atoms with van der Waals surface area (Å²) >= 11 is 0. The summed E-state index contributed by atoms with van der Waals surface area (Å²) in [7, 11) is 0. The van der Waals surface area contributed by atoms with Crippen LogP contribution in [0.1, 0.15) is 77.5 Å². The summed E-state index contributed by atoms with van der Waals surface area (Å²) in [5, 5.41) is 12.6. The second-order valence-corrected chi connectivity index (χ2v) is 14.4. The minimum absolute atomic E-state index is 0.0387. The van der Waals surface area contributed by atoms with Crippen LogP contribution >= 0.6 is 0 Å². The number of piperazine rings is 1. The van der Waals surface area contributed by atoms with E-state index < -0.39 is 23.8 Å². The van der Waals surface area contributed by atoms with Crippen molar-refractivity contribution < 1.29 is 37.4 Å². The van der Waals surface area contributed by atoms with Crippen LogP contribution in [0.2, 0.25) is 0 Å². The molecule has 3 aromatic rings. The molecule has 0 unspecified atom stereocenters. The Morgan fingerprint density at radius 2 is 1.71 bits per heavy atom. The standard InChI is InChI=1S/C41H46F3N3O5/c1-25-18-26(2)27(3)36(19-25)52-17-16-28-10-12-30(13-11-28)34-21-32-23-46(37(48)8-5-9-38(49)50)24-35(45-32)39(34)40(51)47(33-14-15-33)22-29-6-4-7-31(20-29)41(42,43)44/h4,6-7,10-13,18-20,32-33,35,45H,5,8-9,14-17,21-24H2,1-3H3,(H,49,50)/t32-,35-/m1/s1. The molecule has 2 bridgehead atoms. The van der Waals surface area contributed by atoms with Gasteiger partial charge in [-0.2, -0.15) is 13.2 Å². The number of ether oxygens (including phenoxy) is 1. The maximum Gasteiger partial charge on any atom is 0.416 e. The fourth-order valence-electron chi connectivity index (χ4n) is 7.37. The number of alkyl halides is 3. The van der Waals surface area contributed by atoms with Crippen LogP contribution in [-0.4, -0.2) is 70.5 Å². The number of hydrogen-bond acceptors (Lipinski definition) is 5. The van der Waals surface area contributed by atoms with E-state index in [0.717, 1.165) is 58.6 Å². The van der Waals surface area contributed by atoms with Gasteiger partial charge in [0.05, 0.1) is 18.2 Å². The quantitative estimate of drug-likeness (QED) is 0.197. The lowest BCUT2D eigenvalue weighted by Crippen LogP contribution is -2.62. The summed E-state index contributed by atoms with van der Waals surface area (Å²) < 4.78 is 46.9. The number of rotatable bonds is 13. The Bertz CT molecular complexity index is 1850. The highest BCUT2D eigenvalue weighted by Gasteiger charge is 2.43. The normalized spacial score (nSPS) is 18.7. The lowest BCUT2D eigenvalue weighted by molar-refractivity contribution is -0.139. The number of benzene rings is 3. The van der Waals surface area contributed by atoms with Crippen LogP contribution in [-0.2, 0) is 33.5 Å². The molecule has 52 heavy (non-hydrogen) atoms. The van der Waals surface area contributed by atoms with Crippen molar-refractivity contribution in [1.82, 2.24) is 15.1 Å². The summed E-state index contributed by atoms with van der Waals surface area (Å²) in [6.45, 7) is 7.39. The number of nitrogens with one attached hydrogen (secondary N) is 1. The van der Waals surface area contributed by atoms with Crippen LogP contribution in [0, 0.1) is 20.8 Å². The first kappa shape index (κ1) is 37.1. The van der Waals surface area contributed by atoms with Gasteiger partial charge >= 0.3 is 12.1 Å². The maximum atomic E-state index is 14.7. The molecule has 2 fully saturated rings. The van der Waals surface area contributed by atoms with Gasteiger partial charge in [0.15, 0.2) is 0 Å². The first-order valence-corrected chi connectivity index (χ1v) is 18.0. The predicted molar refractivity (Wildman–Crippen MR) is 192 cm³/mol. The molecule has 2 heterocycles. The Kier molecular flexibility index (Phi) is 11.1. The summed E-state index contributed by atoms with van der Waals surface area (Å²) in [6, 6.07) is 16.7. The van der Waals surface area contributed by atoms with Crippen LogP contribution in [0.15, 0.2) is 66.2 Å². The van der Waals surface area contributed by atoms with Crippen LogP contribution in [0.25, 0.3) is 5.57 Å². The zero-order valence-corrected chi connectivity index (χ0v) is 29.9. The zero-order valence-electron chi connectivity index (χ0n) is 29.9. The molecule has 11 heteroatoms. The number of carboxylic acids is 1.